The van der Waals surface area contributed by atoms with Crippen molar-refractivity contribution in [3.05, 3.63) is 48.0 Å². The van der Waals surface area contributed by atoms with Crippen molar-refractivity contribution in [2.45, 2.75) is 19.9 Å². The van der Waals surface area contributed by atoms with Crippen LogP contribution in [0.15, 0.2) is 36.4 Å². The molecule has 2 aromatic carbocycles. The average molecular weight is 288 g/mol. The Hall–Kier alpha value is -2.43. The molecule has 1 heterocycles. The Morgan fingerprint density at radius 3 is 2.71 bits per heavy atom. The number of hydrogen-bond donors (Lipinski definition) is 1. The molecule has 3 rings (SSSR count). The summed E-state index contributed by atoms with van der Waals surface area (Å²) in [6, 6.07) is 8.49. The number of phenols is 1. The lowest BCUT2D eigenvalue weighted by Crippen LogP contribution is -2.00. The molecule has 0 aliphatic carbocycles. The SMILES string of the molecule is CCCn1c(-c2ccc(F)cc2O)nc2c(F)cccc21. The summed E-state index contributed by atoms with van der Waals surface area (Å²) in [6.45, 7) is 2.63. The normalized spacial score (nSPS) is 11.2. The molecular formula is C16H14F2N2O. The number of benzene rings is 2. The number of halogens is 2. The predicted octanol–water partition coefficient (Wildman–Crippen LogP) is 4.10. The van der Waals surface area contributed by atoms with Gasteiger partial charge in [0, 0.05) is 12.6 Å². The third kappa shape index (κ3) is 2.24. The molecule has 0 aliphatic heterocycles. The first-order valence-electron chi connectivity index (χ1n) is 6.75. The summed E-state index contributed by atoms with van der Waals surface area (Å²) in [7, 11) is 0. The topological polar surface area (TPSA) is 38.0 Å². The molecule has 0 atom stereocenters. The van der Waals surface area contributed by atoms with Crippen LogP contribution in [0.4, 0.5) is 8.78 Å². The number of aryl methyl sites for hydroxylation is 1. The fraction of sp³-hybridized carbons (Fsp3) is 0.188. The minimum Gasteiger partial charge on any atom is -0.507 e. The maximum Gasteiger partial charge on any atom is 0.151 e. The summed E-state index contributed by atoms with van der Waals surface area (Å²) in [6.07, 6.45) is 0.830. The van der Waals surface area contributed by atoms with Gasteiger partial charge < -0.3 is 9.67 Å². The molecule has 0 bridgehead atoms. The van der Waals surface area contributed by atoms with Crippen molar-refractivity contribution in [2.75, 3.05) is 0 Å². The number of rotatable bonds is 3. The second-order valence-electron chi connectivity index (χ2n) is 4.86. The van der Waals surface area contributed by atoms with Crippen LogP contribution in [0.1, 0.15) is 13.3 Å². The minimum absolute atomic E-state index is 0.205. The van der Waals surface area contributed by atoms with E-state index in [1.165, 1.54) is 18.2 Å². The maximum atomic E-state index is 13.9. The molecule has 0 saturated carbocycles. The first-order valence-corrected chi connectivity index (χ1v) is 6.75. The number of aromatic nitrogens is 2. The molecule has 108 valence electrons. The van der Waals surface area contributed by atoms with E-state index in [9.17, 15) is 13.9 Å². The van der Waals surface area contributed by atoms with Gasteiger partial charge in [0.05, 0.1) is 11.1 Å². The molecule has 21 heavy (non-hydrogen) atoms. The zero-order chi connectivity index (χ0) is 15.0. The Morgan fingerprint density at radius 1 is 1.19 bits per heavy atom. The number of fused-ring (bicyclic) bond motifs is 1. The summed E-state index contributed by atoms with van der Waals surface area (Å²) in [5, 5.41) is 9.94. The Bertz CT molecular complexity index is 811. The van der Waals surface area contributed by atoms with E-state index in [0.717, 1.165) is 12.5 Å². The summed E-state index contributed by atoms with van der Waals surface area (Å²) in [5.74, 6) is -0.705. The first kappa shape index (κ1) is 13.5. The molecule has 0 saturated heterocycles. The van der Waals surface area contributed by atoms with Crippen LogP contribution in [0.3, 0.4) is 0 Å². The smallest absolute Gasteiger partial charge is 0.151 e. The van der Waals surface area contributed by atoms with Gasteiger partial charge in [0.2, 0.25) is 0 Å². The fourth-order valence-corrected chi connectivity index (χ4v) is 2.46. The third-order valence-corrected chi connectivity index (χ3v) is 3.38. The molecule has 0 fully saturated rings. The molecule has 0 unspecified atom stereocenters. The molecule has 0 amide bonds. The maximum absolute atomic E-state index is 13.9. The lowest BCUT2D eigenvalue weighted by molar-refractivity contribution is 0.470. The van der Waals surface area contributed by atoms with Crippen LogP contribution >= 0.6 is 0 Å². The second-order valence-corrected chi connectivity index (χ2v) is 4.86. The summed E-state index contributed by atoms with van der Waals surface area (Å²) >= 11 is 0. The predicted molar refractivity (Wildman–Crippen MR) is 77.0 cm³/mol. The lowest BCUT2D eigenvalue weighted by Gasteiger charge is -2.09. The van der Waals surface area contributed by atoms with E-state index in [-0.39, 0.29) is 11.3 Å². The zero-order valence-electron chi connectivity index (χ0n) is 11.5. The van der Waals surface area contributed by atoms with Crippen molar-refractivity contribution in [2.24, 2.45) is 0 Å². The molecule has 3 aromatic rings. The molecule has 3 nitrogen and oxygen atoms in total. The third-order valence-electron chi connectivity index (χ3n) is 3.38. The summed E-state index contributed by atoms with van der Waals surface area (Å²) in [4.78, 5) is 4.30. The molecule has 1 N–H and O–H groups in total. The Morgan fingerprint density at radius 2 is 2.00 bits per heavy atom. The standard InChI is InChI=1S/C16H14F2N2O/c1-2-8-20-13-5-3-4-12(18)15(13)19-16(20)11-7-6-10(17)9-14(11)21/h3-7,9,21H,2,8H2,1H3. The van der Waals surface area contributed by atoms with Gasteiger partial charge in [-0.1, -0.05) is 13.0 Å². The van der Waals surface area contributed by atoms with Crippen LogP contribution in [0.25, 0.3) is 22.4 Å². The Kier molecular flexibility index (Phi) is 3.33. The van der Waals surface area contributed by atoms with Crippen LogP contribution in [0, 0.1) is 11.6 Å². The van der Waals surface area contributed by atoms with Crippen molar-refractivity contribution in [3.63, 3.8) is 0 Å². The van der Waals surface area contributed by atoms with E-state index in [1.54, 1.807) is 12.1 Å². The van der Waals surface area contributed by atoms with E-state index >= 15 is 0 Å². The monoisotopic (exact) mass is 288 g/mol. The van der Waals surface area contributed by atoms with E-state index in [0.29, 0.717) is 23.4 Å². The van der Waals surface area contributed by atoms with Gasteiger partial charge in [-0.15, -0.1) is 0 Å². The Labute approximate surface area is 120 Å². The van der Waals surface area contributed by atoms with Gasteiger partial charge in [-0.25, -0.2) is 13.8 Å². The van der Waals surface area contributed by atoms with Crippen molar-refractivity contribution in [3.8, 4) is 17.1 Å². The number of imidazole rings is 1. The fourth-order valence-electron chi connectivity index (χ4n) is 2.46. The number of para-hydroxylation sites is 1. The Balaban J connectivity index is 2.30. The van der Waals surface area contributed by atoms with E-state index in [2.05, 4.69) is 4.98 Å². The summed E-state index contributed by atoms with van der Waals surface area (Å²) < 4.78 is 28.9. The molecule has 0 spiro atoms. The van der Waals surface area contributed by atoms with Gasteiger partial charge in [0.15, 0.2) is 5.82 Å². The molecular weight excluding hydrogens is 274 g/mol. The van der Waals surface area contributed by atoms with Gasteiger partial charge in [0.1, 0.15) is 22.9 Å². The minimum atomic E-state index is -0.527. The number of hydrogen-bond acceptors (Lipinski definition) is 2. The van der Waals surface area contributed by atoms with Crippen LogP contribution in [0.2, 0.25) is 0 Å². The van der Waals surface area contributed by atoms with Gasteiger partial charge in [-0.05, 0) is 30.7 Å². The number of phenolic OH excluding ortho intramolecular Hbond substituents is 1. The van der Waals surface area contributed by atoms with Crippen molar-refractivity contribution in [1.29, 1.82) is 0 Å². The van der Waals surface area contributed by atoms with Crippen molar-refractivity contribution < 1.29 is 13.9 Å². The van der Waals surface area contributed by atoms with E-state index in [4.69, 9.17) is 0 Å². The van der Waals surface area contributed by atoms with Crippen molar-refractivity contribution in [1.82, 2.24) is 9.55 Å². The lowest BCUT2D eigenvalue weighted by atomic mass is 10.2. The highest BCUT2D eigenvalue weighted by Gasteiger charge is 2.17. The molecule has 1 aromatic heterocycles. The second kappa shape index (κ2) is 5.16. The quantitative estimate of drug-likeness (QED) is 0.788. The largest absolute Gasteiger partial charge is 0.507 e. The van der Waals surface area contributed by atoms with Crippen LogP contribution < -0.4 is 0 Å². The van der Waals surface area contributed by atoms with E-state index in [1.807, 2.05) is 11.5 Å². The van der Waals surface area contributed by atoms with Gasteiger partial charge >= 0.3 is 0 Å². The highest BCUT2D eigenvalue weighted by atomic mass is 19.1. The van der Waals surface area contributed by atoms with Gasteiger partial charge in [-0.3, -0.25) is 0 Å². The molecule has 0 aliphatic rings. The highest BCUT2D eigenvalue weighted by molar-refractivity contribution is 5.82. The summed E-state index contributed by atoms with van der Waals surface area (Å²) in [5.41, 5.74) is 1.31. The molecule has 0 radical (unpaired) electrons. The first-order chi connectivity index (χ1) is 10.1. The number of aromatic hydroxyl groups is 1. The molecule has 5 heteroatoms. The van der Waals surface area contributed by atoms with Crippen LogP contribution in [-0.4, -0.2) is 14.7 Å². The van der Waals surface area contributed by atoms with Crippen LogP contribution in [0.5, 0.6) is 5.75 Å². The van der Waals surface area contributed by atoms with Gasteiger partial charge in [0.25, 0.3) is 0 Å². The van der Waals surface area contributed by atoms with E-state index < -0.39 is 11.6 Å². The van der Waals surface area contributed by atoms with Crippen molar-refractivity contribution >= 4 is 11.0 Å². The average Bonchev–Trinajstić information content (AvgIpc) is 2.80. The number of nitrogens with zero attached hydrogens (tertiary/aromatic N) is 2. The van der Waals surface area contributed by atoms with Crippen LogP contribution in [-0.2, 0) is 6.54 Å². The van der Waals surface area contributed by atoms with Gasteiger partial charge in [-0.2, -0.15) is 0 Å². The highest BCUT2D eigenvalue weighted by Crippen LogP contribution is 2.32. The zero-order valence-corrected chi connectivity index (χ0v) is 11.5.